The third-order valence-corrected chi connectivity index (χ3v) is 3.48. The highest BCUT2D eigenvalue weighted by atomic mass is 79.9. The molecule has 0 fully saturated rings. The molecular formula is C14H13BrN2O2. The average Bonchev–Trinajstić information content (AvgIpc) is 2.41. The Morgan fingerprint density at radius 1 is 1.42 bits per heavy atom. The van der Waals surface area contributed by atoms with Crippen LogP contribution < -0.4 is 10.5 Å². The zero-order valence-electron chi connectivity index (χ0n) is 10.4. The van der Waals surface area contributed by atoms with Crippen molar-refractivity contribution in [3.8, 4) is 5.75 Å². The molecule has 0 radical (unpaired) electrons. The topological polar surface area (TPSA) is 65.2 Å². The number of carbonyl (C=O) groups is 1. The third kappa shape index (κ3) is 3.12. The minimum Gasteiger partial charge on any atom is -0.497 e. The number of rotatable bonds is 4. The Kier molecular flexibility index (Phi) is 4.16. The van der Waals surface area contributed by atoms with E-state index in [1.807, 2.05) is 18.2 Å². The molecule has 1 aromatic heterocycles. The molecule has 0 bridgehead atoms. The molecule has 0 saturated carbocycles. The average molecular weight is 321 g/mol. The van der Waals surface area contributed by atoms with Crippen LogP contribution in [-0.2, 0) is 6.42 Å². The second-order valence-corrected chi connectivity index (χ2v) is 4.85. The number of carbonyl (C=O) groups excluding carboxylic acids is 1. The van der Waals surface area contributed by atoms with E-state index in [0.717, 1.165) is 10.0 Å². The first kappa shape index (κ1) is 13.5. The second kappa shape index (κ2) is 5.84. The van der Waals surface area contributed by atoms with Gasteiger partial charge in [-0.1, -0.05) is 15.9 Å². The summed E-state index contributed by atoms with van der Waals surface area (Å²) >= 11 is 3.42. The fourth-order valence-electron chi connectivity index (χ4n) is 1.72. The Balaban J connectivity index is 2.26. The number of benzene rings is 1. The summed E-state index contributed by atoms with van der Waals surface area (Å²) in [6, 6.07) is 8.87. The van der Waals surface area contributed by atoms with E-state index in [-0.39, 0.29) is 12.2 Å². The summed E-state index contributed by atoms with van der Waals surface area (Å²) in [6.45, 7) is 0. The van der Waals surface area contributed by atoms with Crippen LogP contribution in [-0.4, -0.2) is 17.9 Å². The monoisotopic (exact) mass is 320 g/mol. The number of nitrogen functional groups attached to an aromatic ring is 1. The first-order chi connectivity index (χ1) is 9.11. The van der Waals surface area contributed by atoms with Crippen LogP contribution in [0.1, 0.15) is 16.1 Å². The van der Waals surface area contributed by atoms with Crippen LogP contribution in [0, 0.1) is 0 Å². The Morgan fingerprint density at radius 2 is 2.21 bits per heavy atom. The van der Waals surface area contributed by atoms with Gasteiger partial charge in [-0.15, -0.1) is 0 Å². The predicted molar refractivity (Wildman–Crippen MR) is 77.4 cm³/mol. The summed E-state index contributed by atoms with van der Waals surface area (Å²) < 4.78 is 6.01. The second-order valence-electron chi connectivity index (χ2n) is 4.00. The number of nitrogens with two attached hydrogens (primary N) is 1. The molecule has 0 saturated heterocycles. The van der Waals surface area contributed by atoms with Crippen LogP contribution >= 0.6 is 15.9 Å². The van der Waals surface area contributed by atoms with E-state index in [2.05, 4.69) is 20.9 Å². The largest absolute Gasteiger partial charge is 0.497 e. The first-order valence-electron chi connectivity index (χ1n) is 5.68. The SMILES string of the molecule is COc1ccc(Br)c(CC(=O)c2ncccc2N)c1. The van der Waals surface area contributed by atoms with E-state index >= 15 is 0 Å². The number of pyridine rings is 1. The molecule has 1 aromatic carbocycles. The van der Waals surface area contributed by atoms with Gasteiger partial charge in [-0.3, -0.25) is 9.78 Å². The van der Waals surface area contributed by atoms with Gasteiger partial charge in [-0.2, -0.15) is 0 Å². The smallest absolute Gasteiger partial charge is 0.187 e. The zero-order chi connectivity index (χ0) is 13.8. The van der Waals surface area contributed by atoms with Crippen LogP contribution in [0.5, 0.6) is 5.75 Å². The maximum absolute atomic E-state index is 12.2. The maximum atomic E-state index is 12.2. The Bertz CT molecular complexity index is 614. The number of ketones is 1. The lowest BCUT2D eigenvalue weighted by atomic mass is 10.1. The van der Waals surface area contributed by atoms with Gasteiger partial charge >= 0.3 is 0 Å². The highest BCUT2D eigenvalue weighted by Crippen LogP contribution is 2.24. The van der Waals surface area contributed by atoms with Crippen LogP contribution in [0.2, 0.25) is 0 Å². The molecule has 0 aliphatic carbocycles. The molecule has 4 nitrogen and oxygen atoms in total. The molecule has 19 heavy (non-hydrogen) atoms. The van der Waals surface area contributed by atoms with Crippen molar-refractivity contribution < 1.29 is 9.53 Å². The molecule has 0 amide bonds. The number of aromatic nitrogens is 1. The van der Waals surface area contributed by atoms with Crippen molar-refractivity contribution in [3.05, 3.63) is 52.3 Å². The lowest BCUT2D eigenvalue weighted by molar-refractivity contribution is 0.0989. The van der Waals surface area contributed by atoms with Crippen LogP contribution in [0.15, 0.2) is 41.0 Å². The molecule has 2 rings (SSSR count). The van der Waals surface area contributed by atoms with Crippen LogP contribution in [0.25, 0.3) is 0 Å². The van der Waals surface area contributed by atoms with Crippen molar-refractivity contribution in [3.63, 3.8) is 0 Å². The summed E-state index contributed by atoms with van der Waals surface area (Å²) in [5, 5.41) is 0. The van der Waals surface area contributed by atoms with Crippen LogP contribution in [0.3, 0.4) is 0 Å². The van der Waals surface area contributed by atoms with Gasteiger partial charge in [0.25, 0.3) is 0 Å². The van der Waals surface area contributed by atoms with Crippen molar-refractivity contribution in [2.24, 2.45) is 0 Å². The quantitative estimate of drug-likeness (QED) is 0.880. The number of ether oxygens (including phenoxy) is 1. The third-order valence-electron chi connectivity index (χ3n) is 2.71. The predicted octanol–water partition coefficient (Wildman–Crippen LogP) is 2.86. The number of halogens is 1. The summed E-state index contributed by atoms with van der Waals surface area (Å²) in [6.07, 6.45) is 1.78. The minimum atomic E-state index is -0.118. The van der Waals surface area contributed by atoms with Gasteiger partial charge in [0.05, 0.1) is 12.8 Å². The van der Waals surface area contributed by atoms with Gasteiger partial charge in [-0.05, 0) is 35.9 Å². The number of Topliss-reactive ketones (excluding diaryl/α,β-unsaturated/α-hetero) is 1. The van der Waals surface area contributed by atoms with E-state index in [0.29, 0.717) is 17.1 Å². The van der Waals surface area contributed by atoms with E-state index in [9.17, 15) is 4.79 Å². The molecule has 0 atom stereocenters. The number of anilines is 1. The van der Waals surface area contributed by atoms with Gasteiger partial charge < -0.3 is 10.5 Å². The molecule has 2 aromatic rings. The zero-order valence-corrected chi connectivity index (χ0v) is 12.0. The van der Waals surface area contributed by atoms with E-state index in [1.165, 1.54) is 0 Å². The lowest BCUT2D eigenvalue weighted by Gasteiger charge is -2.07. The summed E-state index contributed by atoms with van der Waals surface area (Å²) in [5.41, 5.74) is 7.29. The molecule has 5 heteroatoms. The molecule has 98 valence electrons. The van der Waals surface area contributed by atoms with Gasteiger partial charge in [0.1, 0.15) is 11.4 Å². The highest BCUT2D eigenvalue weighted by molar-refractivity contribution is 9.10. The van der Waals surface area contributed by atoms with Crippen LogP contribution in [0.4, 0.5) is 5.69 Å². The Morgan fingerprint density at radius 3 is 2.89 bits per heavy atom. The summed E-state index contributed by atoms with van der Waals surface area (Å²) in [7, 11) is 1.59. The van der Waals surface area contributed by atoms with Crippen molar-refractivity contribution in [2.75, 3.05) is 12.8 Å². The minimum absolute atomic E-state index is 0.118. The van der Waals surface area contributed by atoms with E-state index < -0.39 is 0 Å². The fraction of sp³-hybridized carbons (Fsp3) is 0.143. The first-order valence-corrected chi connectivity index (χ1v) is 6.47. The summed E-state index contributed by atoms with van der Waals surface area (Å²) in [4.78, 5) is 16.2. The highest BCUT2D eigenvalue weighted by Gasteiger charge is 2.14. The molecule has 0 aliphatic rings. The Labute approximate surface area is 119 Å². The number of methoxy groups -OCH3 is 1. The number of nitrogens with zero attached hydrogens (tertiary/aromatic N) is 1. The lowest BCUT2D eigenvalue weighted by Crippen LogP contribution is -2.09. The van der Waals surface area contributed by atoms with Crippen molar-refractivity contribution in [2.45, 2.75) is 6.42 Å². The molecule has 2 N–H and O–H groups in total. The molecule has 0 unspecified atom stereocenters. The van der Waals surface area contributed by atoms with Gasteiger partial charge in [-0.25, -0.2) is 0 Å². The standard InChI is InChI=1S/C14H13BrN2O2/c1-19-10-4-5-11(15)9(7-10)8-13(18)14-12(16)3-2-6-17-14/h2-7H,8,16H2,1H3. The fourth-order valence-corrected chi connectivity index (χ4v) is 2.11. The number of hydrogen-bond donors (Lipinski definition) is 1. The molecular weight excluding hydrogens is 308 g/mol. The normalized spacial score (nSPS) is 10.2. The molecule has 0 spiro atoms. The van der Waals surface area contributed by atoms with Gasteiger partial charge in [0, 0.05) is 17.1 Å². The summed E-state index contributed by atoms with van der Waals surface area (Å²) in [5.74, 6) is 0.590. The maximum Gasteiger partial charge on any atom is 0.187 e. The van der Waals surface area contributed by atoms with Gasteiger partial charge in [0.15, 0.2) is 5.78 Å². The van der Waals surface area contributed by atoms with Crippen molar-refractivity contribution >= 4 is 27.4 Å². The van der Waals surface area contributed by atoms with Gasteiger partial charge in [0.2, 0.25) is 0 Å². The van der Waals surface area contributed by atoms with Crippen molar-refractivity contribution in [1.29, 1.82) is 0 Å². The van der Waals surface area contributed by atoms with E-state index in [1.54, 1.807) is 25.4 Å². The molecule has 1 heterocycles. The number of hydrogen-bond acceptors (Lipinski definition) is 4. The van der Waals surface area contributed by atoms with E-state index in [4.69, 9.17) is 10.5 Å². The Hall–Kier alpha value is -1.88. The van der Waals surface area contributed by atoms with Crippen molar-refractivity contribution in [1.82, 2.24) is 4.98 Å². The molecule has 0 aliphatic heterocycles.